The summed E-state index contributed by atoms with van der Waals surface area (Å²) in [6.45, 7) is 1.55. The monoisotopic (exact) mass is 344 g/mol. The molecule has 7 heteroatoms. The van der Waals surface area contributed by atoms with Crippen LogP contribution in [0.15, 0.2) is 53.4 Å². The number of rotatable bonds is 5. The van der Waals surface area contributed by atoms with Gasteiger partial charge in [-0.05, 0) is 43.3 Å². The summed E-state index contributed by atoms with van der Waals surface area (Å²) >= 11 is 0. The molecule has 0 bridgehead atoms. The van der Waals surface area contributed by atoms with Crippen LogP contribution in [0.3, 0.4) is 0 Å². The van der Waals surface area contributed by atoms with Crippen molar-refractivity contribution >= 4 is 21.7 Å². The highest BCUT2D eigenvalue weighted by atomic mass is 32.2. The molecule has 2 rings (SSSR count). The predicted octanol–water partition coefficient (Wildman–Crippen LogP) is 2.50. The average Bonchev–Trinajstić information content (AvgIpc) is 2.59. The van der Waals surface area contributed by atoms with Crippen molar-refractivity contribution in [1.29, 1.82) is 5.26 Å². The second-order valence-corrected chi connectivity index (χ2v) is 7.04. The van der Waals surface area contributed by atoms with Crippen molar-refractivity contribution < 1.29 is 17.9 Å². The maximum absolute atomic E-state index is 12.6. The normalized spacial score (nSPS) is 10.7. The number of benzene rings is 2. The van der Waals surface area contributed by atoms with Crippen molar-refractivity contribution in [2.75, 3.05) is 18.0 Å². The van der Waals surface area contributed by atoms with Crippen LogP contribution in [-0.4, -0.2) is 28.0 Å². The first-order chi connectivity index (χ1) is 11.4. The molecule has 0 aliphatic rings. The van der Waals surface area contributed by atoms with Gasteiger partial charge in [-0.3, -0.25) is 4.31 Å². The summed E-state index contributed by atoms with van der Waals surface area (Å²) in [6, 6.07) is 14.2. The Balaban J connectivity index is 2.23. The van der Waals surface area contributed by atoms with Gasteiger partial charge >= 0.3 is 5.97 Å². The largest absolute Gasteiger partial charge is 0.447 e. The number of sulfonamides is 1. The Morgan fingerprint density at radius 2 is 1.71 bits per heavy atom. The van der Waals surface area contributed by atoms with Crippen LogP contribution in [0.1, 0.15) is 15.9 Å². The number of esters is 1. The lowest BCUT2D eigenvalue weighted by molar-refractivity contribution is 0.0555. The van der Waals surface area contributed by atoms with Gasteiger partial charge in [-0.25, -0.2) is 13.2 Å². The first-order valence-electron chi connectivity index (χ1n) is 7.06. The minimum absolute atomic E-state index is 0.188. The van der Waals surface area contributed by atoms with Gasteiger partial charge < -0.3 is 4.74 Å². The third kappa shape index (κ3) is 3.73. The van der Waals surface area contributed by atoms with Gasteiger partial charge in [-0.1, -0.05) is 17.7 Å². The molecular weight excluding hydrogens is 328 g/mol. The lowest BCUT2D eigenvalue weighted by atomic mass is 10.2. The number of aryl methyl sites for hydroxylation is 1. The number of anilines is 1. The Kier molecular flexibility index (Phi) is 5.21. The molecule has 24 heavy (non-hydrogen) atoms. The van der Waals surface area contributed by atoms with Crippen LogP contribution in [-0.2, 0) is 14.8 Å². The molecule has 2 aromatic rings. The number of carbonyl (C=O) groups excluding carboxylic acids is 1. The predicted molar refractivity (Wildman–Crippen MR) is 89.1 cm³/mol. The molecule has 124 valence electrons. The zero-order chi connectivity index (χ0) is 17.7. The fourth-order valence-electron chi connectivity index (χ4n) is 2.00. The van der Waals surface area contributed by atoms with E-state index in [1.807, 2.05) is 6.92 Å². The van der Waals surface area contributed by atoms with E-state index in [1.54, 1.807) is 30.3 Å². The zero-order valence-corrected chi connectivity index (χ0v) is 14.1. The van der Waals surface area contributed by atoms with E-state index in [4.69, 9.17) is 10.00 Å². The molecule has 0 aromatic heterocycles. The topological polar surface area (TPSA) is 87.5 Å². The highest BCUT2D eigenvalue weighted by Gasteiger charge is 2.21. The summed E-state index contributed by atoms with van der Waals surface area (Å²) in [5.74, 6) is -0.632. The van der Waals surface area contributed by atoms with Crippen molar-refractivity contribution in [3.05, 3.63) is 59.7 Å². The second kappa shape index (κ2) is 7.15. The molecule has 2 aromatic carbocycles. The number of ether oxygens (including phenoxy) is 1. The Morgan fingerprint density at radius 3 is 2.25 bits per heavy atom. The van der Waals surface area contributed by atoms with Crippen molar-refractivity contribution in [2.24, 2.45) is 0 Å². The molecule has 0 saturated carbocycles. The fourth-order valence-corrected chi connectivity index (χ4v) is 3.19. The first-order valence-corrected chi connectivity index (χ1v) is 8.50. The highest BCUT2D eigenvalue weighted by Crippen LogP contribution is 2.22. The third-order valence-corrected chi connectivity index (χ3v) is 5.21. The molecule has 0 spiro atoms. The molecule has 0 aliphatic heterocycles. The van der Waals surface area contributed by atoms with Gasteiger partial charge in [-0.15, -0.1) is 0 Å². The van der Waals surface area contributed by atoms with Gasteiger partial charge in [0.2, 0.25) is 0 Å². The standard InChI is InChI=1S/C17H16N2O4S/c1-13-3-9-16(10-4-13)24(21,22)19(2)15-7-5-14(6-8-15)17(20)23-12-11-18/h3-10H,12H2,1-2H3. The van der Waals surface area contributed by atoms with Crippen LogP contribution in [0.4, 0.5) is 5.69 Å². The molecule has 0 N–H and O–H groups in total. The van der Waals surface area contributed by atoms with Crippen molar-refractivity contribution in [2.45, 2.75) is 11.8 Å². The average molecular weight is 344 g/mol. The minimum atomic E-state index is -3.68. The molecule has 0 radical (unpaired) electrons. The van der Waals surface area contributed by atoms with Crippen LogP contribution in [0.2, 0.25) is 0 Å². The summed E-state index contributed by atoms with van der Waals surface area (Å²) in [5.41, 5.74) is 1.62. The fraction of sp³-hybridized carbons (Fsp3) is 0.176. The van der Waals surface area contributed by atoms with E-state index < -0.39 is 16.0 Å². The number of hydrogen-bond donors (Lipinski definition) is 0. The molecule has 0 amide bonds. The number of nitriles is 1. The van der Waals surface area contributed by atoms with Crippen LogP contribution >= 0.6 is 0 Å². The Bertz CT molecular complexity index is 866. The second-order valence-electron chi connectivity index (χ2n) is 5.07. The summed E-state index contributed by atoms with van der Waals surface area (Å²) in [6.07, 6.45) is 0. The van der Waals surface area contributed by atoms with Gasteiger partial charge in [0.1, 0.15) is 6.07 Å². The molecule has 0 atom stereocenters. The van der Waals surface area contributed by atoms with E-state index in [9.17, 15) is 13.2 Å². The van der Waals surface area contributed by atoms with Crippen molar-refractivity contribution in [3.8, 4) is 6.07 Å². The molecular formula is C17H16N2O4S. The lowest BCUT2D eigenvalue weighted by Gasteiger charge is -2.19. The third-order valence-electron chi connectivity index (χ3n) is 3.41. The van der Waals surface area contributed by atoms with Crippen LogP contribution in [0, 0.1) is 18.3 Å². The SMILES string of the molecule is Cc1ccc(S(=O)(=O)N(C)c2ccc(C(=O)OCC#N)cc2)cc1. The van der Waals surface area contributed by atoms with E-state index in [-0.39, 0.29) is 17.1 Å². The maximum Gasteiger partial charge on any atom is 0.339 e. The van der Waals surface area contributed by atoms with Gasteiger partial charge in [0.25, 0.3) is 10.0 Å². The molecule has 0 unspecified atom stereocenters. The van der Waals surface area contributed by atoms with Gasteiger partial charge in [0.05, 0.1) is 16.1 Å². The van der Waals surface area contributed by atoms with Crippen LogP contribution in [0.5, 0.6) is 0 Å². The number of carbonyl (C=O) groups is 1. The molecule has 0 aliphatic carbocycles. The highest BCUT2D eigenvalue weighted by molar-refractivity contribution is 7.92. The zero-order valence-electron chi connectivity index (χ0n) is 13.3. The molecule has 0 heterocycles. The Morgan fingerprint density at radius 1 is 1.12 bits per heavy atom. The number of nitrogens with zero attached hydrogens (tertiary/aromatic N) is 2. The van der Waals surface area contributed by atoms with E-state index in [1.165, 1.54) is 31.3 Å². The summed E-state index contributed by atoms with van der Waals surface area (Å²) in [7, 11) is -2.24. The summed E-state index contributed by atoms with van der Waals surface area (Å²) in [4.78, 5) is 11.8. The first kappa shape index (κ1) is 17.5. The van der Waals surface area contributed by atoms with E-state index in [0.29, 0.717) is 5.69 Å². The van der Waals surface area contributed by atoms with Crippen molar-refractivity contribution in [1.82, 2.24) is 0 Å². The van der Waals surface area contributed by atoms with Crippen molar-refractivity contribution in [3.63, 3.8) is 0 Å². The van der Waals surface area contributed by atoms with Gasteiger partial charge in [-0.2, -0.15) is 5.26 Å². The smallest absolute Gasteiger partial charge is 0.339 e. The number of hydrogen-bond acceptors (Lipinski definition) is 5. The van der Waals surface area contributed by atoms with E-state index in [2.05, 4.69) is 0 Å². The van der Waals surface area contributed by atoms with Crippen LogP contribution < -0.4 is 4.31 Å². The quantitative estimate of drug-likeness (QED) is 0.778. The Hall–Kier alpha value is -2.85. The molecule has 6 nitrogen and oxygen atoms in total. The molecule has 0 saturated heterocycles. The van der Waals surface area contributed by atoms with Crippen LogP contribution in [0.25, 0.3) is 0 Å². The van der Waals surface area contributed by atoms with E-state index in [0.717, 1.165) is 9.87 Å². The molecule has 0 fully saturated rings. The van der Waals surface area contributed by atoms with E-state index >= 15 is 0 Å². The summed E-state index contributed by atoms with van der Waals surface area (Å²) in [5, 5.41) is 8.39. The maximum atomic E-state index is 12.6. The van der Waals surface area contributed by atoms with Gasteiger partial charge in [0.15, 0.2) is 6.61 Å². The Labute approximate surface area is 141 Å². The lowest BCUT2D eigenvalue weighted by Crippen LogP contribution is -2.26. The van der Waals surface area contributed by atoms with Gasteiger partial charge in [0, 0.05) is 7.05 Å². The summed E-state index contributed by atoms with van der Waals surface area (Å²) < 4.78 is 31.0. The minimum Gasteiger partial charge on any atom is -0.447 e.